The molecule has 0 unspecified atom stereocenters. The molecule has 9 nitrogen and oxygen atoms in total. The van der Waals surface area contributed by atoms with Gasteiger partial charge in [-0.15, -0.1) is 11.3 Å². The van der Waals surface area contributed by atoms with Crippen molar-refractivity contribution in [3.63, 3.8) is 0 Å². The van der Waals surface area contributed by atoms with Gasteiger partial charge in [-0.05, 0) is 57.2 Å². The number of aromatic nitrogens is 1. The Hall–Kier alpha value is -3.14. The highest BCUT2D eigenvalue weighted by Crippen LogP contribution is 2.23. The topological polar surface area (TPSA) is 119 Å². The summed E-state index contributed by atoms with van der Waals surface area (Å²) in [5.41, 5.74) is 6.34. The van der Waals surface area contributed by atoms with E-state index in [4.69, 9.17) is 9.47 Å². The summed E-state index contributed by atoms with van der Waals surface area (Å²) < 4.78 is 10.4. The molecule has 0 spiro atoms. The van der Waals surface area contributed by atoms with Crippen LogP contribution in [0.5, 0.6) is 5.75 Å². The van der Waals surface area contributed by atoms with Crippen LogP contribution in [0.1, 0.15) is 51.4 Å². The van der Waals surface area contributed by atoms with Gasteiger partial charge < -0.3 is 14.8 Å². The number of nitrogens with one attached hydrogen (secondary N) is 3. The molecule has 0 aliphatic heterocycles. The molecule has 3 N–H and O–H groups in total. The van der Waals surface area contributed by atoms with Crippen LogP contribution in [0.4, 0.5) is 14.7 Å². The van der Waals surface area contributed by atoms with Crippen LogP contribution in [-0.4, -0.2) is 28.7 Å². The van der Waals surface area contributed by atoms with E-state index in [1.807, 2.05) is 24.4 Å². The molecule has 31 heavy (non-hydrogen) atoms. The normalized spacial score (nSPS) is 10.9. The van der Waals surface area contributed by atoms with E-state index in [-0.39, 0.29) is 5.91 Å². The number of benzene rings is 1. The lowest BCUT2D eigenvalue weighted by atomic mass is 10.0. The smallest absolute Gasteiger partial charge is 0.431 e. The Morgan fingerprint density at radius 3 is 2.45 bits per heavy atom. The molecule has 2 aromatic rings. The molecule has 1 aromatic carbocycles. The SMILES string of the molecule is CCc1ccc(CCc2csc(NC(C)=O)n2)cc1OC(=O)NNC(=O)OC(C)(C)C. The molecule has 0 radical (unpaired) electrons. The van der Waals surface area contributed by atoms with Gasteiger partial charge in [-0.2, -0.15) is 0 Å². The predicted molar refractivity (Wildman–Crippen MR) is 118 cm³/mol. The Bertz CT molecular complexity index is 936. The quantitative estimate of drug-likeness (QED) is 0.575. The highest BCUT2D eigenvalue weighted by molar-refractivity contribution is 7.13. The number of hydrazine groups is 1. The average molecular weight is 449 g/mol. The van der Waals surface area contributed by atoms with Gasteiger partial charge in [0.25, 0.3) is 0 Å². The lowest BCUT2D eigenvalue weighted by molar-refractivity contribution is -0.114. The number of anilines is 1. The Kier molecular flexibility index (Phi) is 8.38. The van der Waals surface area contributed by atoms with E-state index in [2.05, 4.69) is 21.2 Å². The van der Waals surface area contributed by atoms with Crippen molar-refractivity contribution in [2.75, 3.05) is 5.32 Å². The molecule has 0 saturated carbocycles. The number of hydrogen-bond donors (Lipinski definition) is 3. The summed E-state index contributed by atoms with van der Waals surface area (Å²) in [6.45, 7) is 8.55. The minimum atomic E-state index is -0.822. The van der Waals surface area contributed by atoms with Crippen LogP contribution in [-0.2, 0) is 28.8 Å². The second-order valence-corrected chi connectivity index (χ2v) is 8.62. The predicted octanol–water partition coefficient (Wildman–Crippen LogP) is 3.98. The molecule has 1 heterocycles. The van der Waals surface area contributed by atoms with E-state index < -0.39 is 17.8 Å². The summed E-state index contributed by atoms with van der Waals surface area (Å²) in [5.74, 6) is 0.262. The number of aryl methyl sites for hydroxylation is 3. The zero-order valence-corrected chi connectivity index (χ0v) is 19.1. The maximum Gasteiger partial charge on any atom is 0.431 e. The van der Waals surface area contributed by atoms with Gasteiger partial charge in [-0.1, -0.05) is 19.1 Å². The summed E-state index contributed by atoms with van der Waals surface area (Å²) in [5, 5.41) is 5.14. The number of carbonyl (C=O) groups excluding carboxylic acids is 3. The molecule has 0 atom stereocenters. The monoisotopic (exact) mass is 448 g/mol. The molecule has 10 heteroatoms. The first-order chi connectivity index (χ1) is 14.6. The van der Waals surface area contributed by atoms with E-state index in [0.717, 1.165) is 16.8 Å². The van der Waals surface area contributed by atoms with Crippen molar-refractivity contribution in [3.8, 4) is 5.75 Å². The van der Waals surface area contributed by atoms with Crippen LogP contribution >= 0.6 is 11.3 Å². The summed E-state index contributed by atoms with van der Waals surface area (Å²) in [7, 11) is 0. The van der Waals surface area contributed by atoms with Crippen LogP contribution in [0, 0.1) is 0 Å². The molecule has 3 amide bonds. The molecular weight excluding hydrogens is 420 g/mol. The summed E-state index contributed by atoms with van der Waals surface area (Å²) in [4.78, 5) is 39.2. The highest BCUT2D eigenvalue weighted by atomic mass is 32.1. The summed E-state index contributed by atoms with van der Waals surface area (Å²) in [6.07, 6.45) is 0.427. The van der Waals surface area contributed by atoms with Gasteiger partial charge >= 0.3 is 12.2 Å². The van der Waals surface area contributed by atoms with Crippen molar-refractivity contribution < 1.29 is 23.9 Å². The molecule has 0 bridgehead atoms. The van der Waals surface area contributed by atoms with Crippen molar-refractivity contribution in [1.29, 1.82) is 0 Å². The van der Waals surface area contributed by atoms with Crippen molar-refractivity contribution in [1.82, 2.24) is 15.8 Å². The van der Waals surface area contributed by atoms with Gasteiger partial charge in [0, 0.05) is 12.3 Å². The molecule has 0 fully saturated rings. The first kappa shape index (κ1) is 24.1. The molecule has 168 valence electrons. The van der Waals surface area contributed by atoms with E-state index in [1.54, 1.807) is 26.8 Å². The van der Waals surface area contributed by atoms with Crippen LogP contribution in [0.3, 0.4) is 0 Å². The van der Waals surface area contributed by atoms with Crippen LogP contribution in [0.25, 0.3) is 0 Å². The van der Waals surface area contributed by atoms with E-state index in [0.29, 0.717) is 30.1 Å². The number of nitrogens with zero attached hydrogens (tertiary/aromatic N) is 1. The van der Waals surface area contributed by atoms with E-state index in [1.165, 1.54) is 18.3 Å². The Balaban J connectivity index is 1.95. The Morgan fingerprint density at radius 1 is 1.10 bits per heavy atom. The second kappa shape index (κ2) is 10.8. The lowest BCUT2D eigenvalue weighted by Gasteiger charge is -2.19. The molecule has 2 rings (SSSR count). The number of hydrogen-bond acceptors (Lipinski definition) is 7. The Labute approximate surface area is 185 Å². The molecular formula is C21H28N4O5S. The molecule has 1 aromatic heterocycles. The zero-order chi connectivity index (χ0) is 23.0. The van der Waals surface area contributed by atoms with Crippen molar-refractivity contribution in [3.05, 3.63) is 40.4 Å². The fourth-order valence-electron chi connectivity index (χ4n) is 2.57. The number of thiazole rings is 1. The van der Waals surface area contributed by atoms with E-state index in [9.17, 15) is 14.4 Å². The van der Waals surface area contributed by atoms with Crippen molar-refractivity contribution in [2.45, 2.75) is 59.5 Å². The minimum Gasteiger partial charge on any atom is -0.443 e. The number of ether oxygens (including phenoxy) is 2. The standard InChI is InChI=1S/C21H28N4O5S/c1-6-15-9-7-14(8-10-16-12-31-18(23-16)22-13(2)26)11-17(15)29-19(27)24-25-20(28)30-21(3,4)5/h7,9,11-12H,6,8,10H2,1-5H3,(H,24,27)(H,25,28)(H,22,23,26). The average Bonchev–Trinajstić information content (AvgIpc) is 3.10. The third-order valence-electron chi connectivity index (χ3n) is 3.89. The molecule has 0 saturated heterocycles. The second-order valence-electron chi connectivity index (χ2n) is 7.76. The Morgan fingerprint density at radius 2 is 1.81 bits per heavy atom. The fraction of sp³-hybridized carbons (Fsp3) is 0.429. The number of amides is 3. The van der Waals surface area contributed by atoms with Gasteiger partial charge in [0.1, 0.15) is 11.4 Å². The number of rotatable bonds is 6. The van der Waals surface area contributed by atoms with Crippen molar-refractivity contribution >= 4 is 34.6 Å². The summed E-state index contributed by atoms with van der Waals surface area (Å²) >= 11 is 1.38. The fourth-order valence-corrected chi connectivity index (χ4v) is 3.37. The van der Waals surface area contributed by atoms with Gasteiger partial charge in [-0.3, -0.25) is 4.79 Å². The largest absolute Gasteiger partial charge is 0.443 e. The first-order valence-electron chi connectivity index (χ1n) is 9.86. The van der Waals surface area contributed by atoms with Crippen LogP contribution < -0.4 is 20.9 Å². The molecule has 0 aliphatic carbocycles. The highest BCUT2D eigenvalue weighted by Gasteiger charge is 2.17. The minimum absolute atomic E-state index is 0.155. The third kappa shape index (κ3) is 8.63. The van der Waals surface area contributed by atoms with Gasteiger partial charge in [0.15, 0.2) is 5.13 Å². The maximum atomic E-state index is 12.1. The van der Waals surface area contributed by atoms with E-state index >= 15 is 0 Å². The maximum absolute atomic E-state index is 12.1. The van der Waals surface area contributed by atoms with Crippen LogP contribution in [0.15, 0.2) is 23.6 Å². The third-order valence-corrected chi connectivity index (χ3v) is 4.69. The van der Waals surface area contributed by atoms with Gasteiger partial charge in [0.05, 0.1) is 5.69 Å². The zero-order valence-electron chi connectivity index (χ0n) is 18.3. The molecule has 0 aliphatic rings. The first-order valence-corrected chi connectivity index (χ1v) is 10.7. The lowest BCUT2D eigenvalue weighted by Crippen LogP contribution is -2.45. The van der Waals surface area contributed by atoms with Crippen LogP contribution in [0.2, 0.25) is 0 Å². The van der Waals surface area contributed by atoms with Crippen molar-refractivity contribution in [2.24, 2.45) is 0 Å². The van der Waals surface area contributed by atoms with Gasteiger partial charge in [-0.25, -0.2) is 25.4 Å². The number of carbonyl (C=O) groups is 3. The van der Waals surface area contributed by atoms with Gasteiger partial charge in [0.2, 0.25) is 5.91 Å². The summed E-state index contributed by atoms with van der Waals surface area (Å²) in [6, 6.07) is 5.68.